The third-order valence-electron chi connectivity index (χ3n) is 8.08. The number of para-hydroxylation sites is 3. The maximum atomic E-state index is 6.36. The Bertz CT molecular complexity index is 1840. The highest BCUT2D eigenvalue weighted by atomic mass is 35.5. The normalized spacial score (nSPS) is 15.2. The Hall–Kier alpha value is -4.88. The van der Waals surface area contributed by atoms with Gasteiger partial charge in [0.2, 0.25) is 0 Å². The van der Waals surface area contributed by atoms with Crippen molar-refractivity contribution < 1.29 is 0 Å². The molecule has 2 aliphatic heterocycles. The van der Waals surface area contributed by atoms with Gasteiger partial charge in [-0.3, -0.25) is 0 Å². The van der Waals surface area contributed by atoms with Crippen LogP contribution in [-0.2, 0) is 0 Å². The first-order chi connectivity index (χ1) is 21.1. The van der Waals surface area contributed by atoms with Gasteiger partial charge in [0.1, 0.15) is 0 Å². The first-order valence-electron chi connectivity index (χ1n) is 14.6. The summed E-state index contributed by atoms with van der Waals surface area (Å²) in [6.45, 7) is 8.32. The Morgan fingerprint density at radius 3 is 2.23 bits per heavy atom. The molecule has 1 N–H and O–H groups in total. The zero-order chi connectivity index (χ0) is 29.5. The smallest absolute Gasteiger partial charge is 0.179 e. The molecule has 3 heterocycles. The van der Waals surface area contributed by atoms with Crippen LogP contribution in [-0.4, -0.2) is 34.5 Å². The van der Waals surface area contributed by atoms with E-state index in [1.54, 1.807) is 0 Å². The lowest BCUT2D eigenvalue weighted by atomic mass is 9.93. The topological polar surface area (TPSA) is 61.0 Å². The summed E-state index contributed by atoms with van der Waals surface area (Å²) in [5.41, 5.74) is 8.01. The summed E-state index contributed by atoms with van der Waals surface area (Å²) < 4.78 is 1.94. The quantitative estimate of drug-likeness (QED) is 0.217. The average Bonchev–Trinajstić information content (AvgIpc) is 3.38. The van der Waals surface area contributed by atoms with E-state index >= 15 is 0 Å². The molecule has 0 saturated heterocycles. The molecule has 7 nitrogen and oxygen atoms in total. The molecule has 0 amide bonds. The number of nitrogens with one attached hydrogen (secondary N) is 1. The SMILES string of the molecule is CCN(CC)c1ccc(NC2=Nc3ccccc3N3C2=Nc2c(c(C)nn2-c2ccccc2)[C@H]3c2ccc(Cl)cc2)cc1. The van der Waals surface area contributed by atoms with Crippen LogP contribution in [0, 0.1) is 6.92 Å². The minimum Gasteiger partial charge on any atom is -0.372 e. The summed E-state index contributed by atoms with van der Waals surface area (Å²) in [5, 5.41) is 9.32. The van der Waals surface area contributed by atoms with Gasteiger partial charge in [-0.05, 0) is 87.0 Å². The van der Waals surface area contributed by atoms with Crippen LogP contribution in [0.15, 0.2) is 113 Å². The fourth-order valence-corrected chi connectivity index (χ4v) is 6.11. The van der Waals surface area contributed by atoms with Crippen molar-refractivity contribution in [2.24, 2.45) is 9.98 Å². The molecule has 214 valence electrons. The zero-order valence-corrected chi connectivity index (χ0v) is 25.1. The number of hydrogen-bond donors (Lipinski definition) is 1. The minimum atomic E-state index is -0.198. The summed E-state index contributed by atoms with van der Waals surface area (Å²) >= 11 is 6.36. The predicted octanol–water partition coefficient (Wildman–Crippen LogP) is 8.48. The fourth-order valence-electron chi connectivity index (χ4n) is 5.99. The molecule has 7 rings (SSSR count). The molecule has 8 heteroatoms. The first-order valence-corrected chi connectivity index (χ1v) is 15.0. The number of aromatic nitrogens is 2. The third kappa shape index (κ3) is 4.76. The van der Waals surface area contributed by atoms with Crippen LogP contribution >= 0.6 is 11.6 Å². The van der Waals surface area contributed by atoms with Crippen LogP contribution in [0.2, 0.25) is 5.02 Å². The number of hydrogen-bond acceptors (Lipinski definition) is 6. The van der Waals surface area contributed by atoms with Gasteiger partial charge in [-0.1, -0.05) is 54.1 Å². The molecule has 0 fully saturated rings. The van der Waals surface area contributed by atoms with Gasteiger partial charge in [-0.25, -0.2) is 14.7 Å². The maximum absolute atomic E-state index is 6.36. The van der Waals surface area contributed by atoms with Gasteiger partial charge in [-0.15, -0.1) is 0 Å². The fraction of sp³-hybridized carbons (Fsp3) is 0.171. The number of benzene rings is 4. The lowest BCUT2D eigenvalue weighted by Crippen LogP contribution is -2.46. The van der Waals surface area contributed by atoms with E-state index < -0.39 is 0 Å². The van der Waals surface area contributed by atoms with Crippen molar-refractivity contribution >= 4 is 51.8 Å². The van der Waals surface area contributed by atoms with Gasteiger partial charge in [0.15, 0.2) is 17.5 Å². The Morgan fingerprint density at radius 1 is 0.814 bits per heavy atom. The van der Waals surface area contributed by atoms with E-state index in [-0.39, 0.29) is 6.04 Å². The maximum Gasteiger partial charge on any atom is 0.179 e. The molecule has 0 saturated carbocycles. The van der Waals surface area contributed by atoms with Crippen LogP contribution in [0.1, 0.15) is 36.7 Å². The number of nitrogens with zero attached hydrogens (tertiary/aromatic N) is 6. The summed E-state index contributed by atoms with van der Waals surface area (Å²) in [7, 11) is 0. The Labute approximate surface area is 256 Å². The molecule has 5 aromatic rings. The molecule has 0 spiro atoms. The van der Waals surface area contributed by atoms with E-state index in [4.69, 9.17) is 26.7 Å². The molecular weight excluding hydrogens is 554 g/mol. The van der Waals surface area contributed by atoms with E-state index in [1.165, 1.54) is 5.69 Å². The van der Waals surface area contributed by atoms with Crippen LogP contribution in [0.5, 0.6) is 0 Å². The molecule has 4 aromatic carbocycles. The number of rotatable bonds is 6. The van der Waals surface area contributed by atoms with Gasteiger partial charge in [0, 0.05) is 35.1 Å². The summed E-state index contributed by atoms with van der Waals surface area (Å²) in [4.78, 5) is 15.0. The number of anilines is 3. The Morgan fingerprint density at radius 2 is 1.51 bits per heavy atom. The highest BCUT2D eigenvalue weighted by Crippen LogP contribution is 2.48. The molecule has 0 radical (unpaired) electrons. The lowest BCUT2D eigenvalue weighted by molar-refractivity contribution is 0.815. The molecule has 2 aliphatic rings. The monoisotopic (exact) mass is 585 g/mol. The van der Waals surface area contributed by atoms with E-state index in [0.29, 0.717) is 10.9 Å². The predicted molar refractivity (Wildman–Crippen MR) is 178 cm³/mol. The zero-order valence-electron chi connectivity index (χ0n) is 24.4. The Balaban J connectivity index is 1.42. The molecule has 0 unspecified atom stereocenters. The molecule has 1 atom stereocenters. The van der Waals surface area contributed by atoms with Crippen molar-refractivity contribution in [1.29, 1.82) is 0 Å². The molecule has 0 bridgehead atoms. The van der Waals surface area contributed by atoms with Crippen molar-refractivity contribution in [3.63, 3.8) is 0 Å². The van der Waals surface area contributed by atoms with Crippen LogP contribution < -0.4 is 15.1 Å². The van der Waals surface area contributed by atoms with E-state index in [2.05, 4.69) is 90.5 Å². The van der Waals surface area contributed by atoms with Gasteiger partial charge in [0.25, 0.3) is 0 Å². The van der Waals surface area contributed by atoms with Crippen LogP contribution in [0.3, 0.4) is 0 Å². The van der Waals surface area contributed by atoms with Crippen molar-refractivity contribution in [2.75, 3.05) is 28.2 Å². The Kier molecular flexibility index (Phi) is 6.95. The summed E-state index contributed by atoms with van der Waals surface area (Å²) in [6, 6.07) is 34.7. The molecular formula is C35H32ClN7. The third-order valence-corrected chi connectivity index (χ3v) is 8.34. The molecule has 1 aromatic heterocycles. The van der Waals surface area contributed by atoms with Gasteiger partial charge in [-0.2, -0.15) is 5.10 Å². The summed E-state index contributed by atoms with van der Waals surface area (Å²) in [6.07, 6.45) is 0. The highest BCUT2D eigenvalue weighted by molar-refractivity contribution is 6.51. The van der Waals surface area contributed by atoms with E-state index in [1.807, 2.05) is 53.2 Å². The van der Waals surface area contributed by atoms with E-state index in [0.717, 1.165) is 64.3 Å². The minimum absolute atomic E-state index is 0.198. The number of aliphatic imine (C=N–C) groups is 2. The van der Waals surface area contributed by atoms with Gasteiger partial charge in [0.05, 0.1) is 28.8 Å². The average molecular weight is 586 g/mol. The molecule has 0 aliphatic carbocycles. The largest absolute Gasteiger partial charge is 0.372 e. The lowest BCUT2D eigenvalue weighted by Gasteiger charge is -2.40. The standard InChI is InChI=1S/C35H32ClN7/c1-4-41(5-2)27-21-19-26(20-22-27)37-33-35-39-34-31(23(3)40-43(34)28-11-7-6-8-12-28)32(24-15-17-25(36)18-16-24)42(35)30-14-10-9-13-29(30)38-33/h6-22,32H,4-5H2,1-3H3,(H,37,38)/t32-/m1/s1. The van der Waals surface area contributed by atoms with Crippen molar-refractivity contribution in [3.8, 4) is 5.69 Å². The molecule has 43 heavy (non-hydrogen) atoms. The van der Waals surface area contributed by atoms with Gasteiger partial charge >= 0.3 is 0 Å². The van der Waals surface area contributed by atoms with Crippen molar-refractivity contribution in [1.82, 2.24) is 9.78 Å². The number of fused-ring (bicyclic) bond motifs is 4. The van der Waals surface area contributed by atoms with Crippen LogP contribution in [0.25, 0.3) is 5.69 Å². The first kappa shape index (κ1) is 27.0. The van der Waals surface area contributed by atoms with Gasteiger partial charge < -0.3 is 15.1 Å². The number of aryl methyl sites for hydroxylation is 1. The number of halogens is 1. The summed E-state index contributed by atoms with van der Waals surface area (Å²) in [5.74, 6) is 2.20. The highest BCUT2D eigenvalue weighted by Gasteiger charge is 2.41. The van der Waals surface area contributed by atoms with E-state index in [9.17, 15) is 0 Å². The second kappa shape index (κ2) is 11.1. The number of amidine groups is 2. The second-order valence-corrected chi connectivity index (χ2v) is 11.1. The second-order valence-electron chi connectivity index (χ2n) is 10.6. The van der Waals surface area contributed by atoms with Crippen molar-refractivity contribution in [3.05, 3.63) is 125 Å². The van der Waals surface area contributed by atoms with Crippen molar-refractivity contribution in [2.45, 2.75) is 26.8 Å². The van der Waals surface area contributed by atoms with Crippen LogP contribution in [0.4, 0.5) is 28.6 Å².